The lowest BCUT2D eigenvalue weighted by Crippen LogP contribution is -2.32. The van der Waals surface area contributed by atoms with Crippen LogP contribution in [0.5, 0.6) is 5.75 Å². The molecule has 1 aliphatic rings. The van der Waals surface area contributed by atoms with Gasteiger partial charge in [0.25, 0.3) is 0 Å². The van der Waals surface area contributed by atoms with E-state index >= 15 is 0 Å². The fourth-order valence-corrected chi connectivity index (χ4v) is 2.01. The fraction of sp³-hybridized carbons (Fsp3) is 0.462. The molecule has 1 heterocycles. The normalized spacial score (nSPS) is 17.1. The van der Waals surface area contributed by atoms with Gasteiger partial charge in [-0.15, -0.1) is 11.6 Å². The fourth-order valence-electron chi connectivity index (χ4n) is 1.91. The van der Waals surface area contributed by atoms with E-state index in [1.54, 1.807) is 0 Å². The van der Waals surface area contributed by atoms with Crippen molar-refractivity contribution in [3.63, 3.8) is 0 Å². The highest BCUT2D eigenvalue weighted by Gasteiger charge is 2.29. The summed E-state index contributed by atoms with van der Waals surface area (Å²) < 4.78 is 10.7. The van der Waals surface area contributed by atoms with Gasteiger partial charge in [-0.3, -0.25) is 4.79 Å². The molecule has 0 saturated carbocycles. The first-order valence-corrected chi connectivity index (χ1v) is 6.49. The minimum Gasteiger partial charge on any atom is -0.492 e. The lowest BCUT2D eigenvalue weighted by molar-refractivity contribution is -0.123. The van der Waals surface area contributed by atoms with E-state index in [4.69, 9.17) is 21.1 Å². The molecule has 18 heavy (non-hydrogen) atoms. The summed E-state index contributed by atoms with van der Waals surface area (Å²) >= 11 is 5.47. The Morgan fingerprint density at radius 2 is 2.28 bits per heavy atom. The number of hydrogen-bond donors (Lipinski definition) is 1. The highest BCUT2D eigenvalue weighted by molar-refractivity contribution is 6.17. The lowest BCUT2D eigenvalue weighted by atomic mass is 10.0. The monoisotopic (exact) mass is 269 g/mol. The highest BCUT2D eigenvalue weighted by atomic mass is 35.5. The first kappa shape index (κ1) is 13.2. The van der Waals surface area contributed by atoms with Crippen molar-refractivity contribution >= 4 is 17.5 Å². The Labute approximate surface area is 111 Å². The van der Waals surface area contributed by atoms with Crippen molar-refractivity contribution in [2.75, 3.05) is 32.2 Å². The smallest absolute Gasteiger partial charge is 0.231 e. The van der Waals surface area contributed by atoms with Crippen molar-refractivity contribution in [3.05, 3.63) is 29.8 Å². The summed E-state index contributed by atoms with van der Waals surface area (Å²) in [5.41, 5.74) is 0.955. The molecule has 1 aliphatic heterocycles. The van der Waals surface area contributed by atoms with Gasteiger partial charge in [0.2, 0.25) is 5.91 Å². The van der Waals surface area contributed by atoms with Gasteiger partial charge in [-0.2, -0.15) is 0 Å². The van der Waals surface area contributed by atoms with E-state index in [0.29, 0.717) is 32.2 Å². The molecule has 5 heteroatoms. The summed E-state index contributed by atoms with van der Waals surface area (Å²) in [5.74, 6) is 1.04. The van der Waals surface area contributed by atoms with Gasteiger partial charge in [-0.1, -0.05) is 18.2 Å². The highest BCUT2D eigenvalue weighted by Crippen LogP contribution is 2.33. The van der Waals surface area contributed by atoms with Crippen LogP contribution in [0, 0.1) is 0 Å². The number of fused-ring (bicyclic) bond motifs is 1. The number of carbonyl (C=O) groups excluding carboxylic acids is 1. The molecule has 4 nitrogen and oxygen atoms in total. The van der Waals surface area contributed by atoms with E-state index in [0.717, 1.165) is 11.3 Å². The third-order valence-electron chi connectivity index (χ3n) is 2.78. The van der Waals surface area contributed by atoms with Crippen LogP contribution in [0.4, 0.5) is 0 Å². The first-order chi connectivity index (χ1) is 8.83. The molecule has 1 aromatic carbocycles. The van der Waals surface area contributed by atoms with Crippen LogP contribution in [-0.4, -0.2) is 38.2 Å². The largest absolute Gasteiger partial charge is 0.492 e. The molecule has 0 saturated heterocycles. The van der Waals surface area contributed by atoms with Crippen molar-refractivity contribution in [2.45, 2.75) is 5.92 Å². The van der Waals surface area contributed by atoms with Crippen molar-refractivity contribution in [1.29, 1.82) is 0 Å². The standard InChI is InChI=1S/C13H16ClNO3/c14-5-7-17-8-6-15-13(16)11-9-18-12-4-2-1-3-10(11)12/h1-4,11H,5-9H2,(H,15,16). The maximum atomic E-state index is 12.0. The Bertz CT molecular complexity index is 411. The van der Waals surface area contributed by atoms with E-state index < -0.39 is 0 Å². The predicted molar refractivity (Wildman–Crippen MR) is 69.2 cm³/mol. The molecule has 0 fully saturated rings. The quantitative estimate of drug-likeness (QED) is 0.629. The first-order valence-electron chi connectivity index (χ1n) is 5.96. The maximum absolute atomic E-state index is 12.0. The average molecular weight is 270 g/mol. The zero-order valence-electron chi connectivity index (χ0n) is 10.0. The number of rotatable bonds is 6. The van der Waals surface area contributed by atoms with Gasteiger partial charge in [0.15, 0.2) is 0 Å². The summed E-state index contributed by atoms with van der Waals surface area (Å²) in [6, 6.07) is 7.62. The van der Waals surface area contributed by atoms with E-state index in [1.165, 1.54) is 0 Å². The summed E-state index contributed by atoms with van der Waals surface area (Å²) in [6.07, 6.45) is 0. The molecule has 1 atom stereocenters. The lowest BCUT2D eigenvalue weighted by Gasteiger charge is -2.10. The van der Waals surface area contributed by atoms with Crippen LogP contribution in [-0.2, 0) is 9.53 Å². The average Bonchev–Trinajstić information content (AvgIpc) is 2.82. The van der Waals surface area contributed by atoms with Gasteiger partial charge >= 0.3 is 0 Å². The molecular formula is C13H16ClNO3. The Hall–Kier alpha value is -1.26. The topological polar surface area (TPSA) is 47.6 Å². The molecule has 1 aromatic rings. The van der Waals surface area contributed by atoms with Gasteiger partial charge in [-0.05, 0) is 6.07 Å². The number of nitrogens with one attached hydrogen (secondary N) is 1. The minimum absolute atomic E-state index is 0.0191. The Morgan fingerprint density at radius 3 is 3.11 bits per heavy atom. The number of benzene rings is 1. The molecule has 1 amide bonds. The molecule has 0 spiro atoms. The molecule has 1 N–H and O–H groups in total. The van der Waals surface area contributed by atoms with Gasteiger partial charge in [0, 0.05) is 18.0 Å². The number of ether oxygens (including phenoxy) is 2. The second-order valence-corrected chi connectivity index (χ2v) is 4.37. The van der Waals surface area contributed by atoms with Gasteiger partial charge in [-0.25, -0.2) is 0 Å². The summed E-state index contributed by atoms with van der Waals surface area (Å²) in [6.45, 7) is 1.89. The van der Waals surface area contributed by atoms with E-state index in [1.807, 2.05) is 24.3 Å². The third kappa shape index (κ3) is 3.15. The zero-order valence-corrected chi connectivity index (χ0v) is 10.8. The molecule has 0 aromatic heterocycles. The minimum atomic E-state index is -0.214. The van der Waals surface area contributed by atoms with Crippen molar-refractivity contribution < 1.29 is 14.3 Å². The van der Waals surface area contributed by atoms with Gasteiger partial charge in [0.05, 0.1) is 13.2 Å². The van der Waals surface area contributed by atoms with E-state index in [9.17, 15) is 4.79 Å². The van der Waals surface area contributed by atoms with Crippen molar-refractivity contribution in [2.24, 2.45) is 0 Å². The molecule has 0 aliphatic carbocycles. The second kappa shape index (κ2) is 6.61. The SMILES string of the molecule is O=C(NCCOCCCl)C1COc2ccccc21. The Kier molecular flexibility index (Phi) is 4.84. The molecule has 2 rings (SSSR count). The third-order valence-corrected chi connectivity index (χ3v) is 2.94. The molecule has 1 unspecified atom stereocenters. The van der Waals surface area contributed by atoms with Crippen LogP contribution in [0.25, 0.3) is 0 Å². The number of halogens is 1. The van der Waals surface area contributed by atoms with Gasteiger partial charge in [0.1, 0.15) is 18.3 Å². The number of carbonyl (C=O) groups is 1. The number of amides is 1. The molecule has 0 radical (unpaired) electrons. The van der Waals surface area contributed by atoms with Crippen LogP contribution in [0.2, 0.25) is 0 Å². The maximum Gasteiger partial charge on any atom is 0.231 e. The van der Waals surface area contributed by atoms with Crippen molar-refractivity contribution in [1.82, 2.24) is 5.32 Å². The van der Waals surface area contributed by atoms with Crippen molar-refractivity contribution in [3.8, 4) is 5.75 Å². The number of alkyl halides is 1. The summed E-state index contributed by atoms with van der Waals surface area (Å²) in [7, 11) is 0. The molecule has 0 bridgehead atoms. The van der Waals surface area contributed by atoms with Crippen LogP contribution in [0.3, 0.4) is 0 Å². The second-order valence-electron chi connectivity index (χ2n) is 3.99. The van der Waals surface area contributed by atoms with E-state index in [-0.39, 0.29) is 11.8 Å². The zero-order chi connectivity index (χ0) is 12.8. The van der Waals surface area contributed by atoms with Crippen LogP contribution >= 0.6 is 11.6 Å². The van der Waals surface area contributed by atoms with Crippen LogP contribution in [0.15, 0.2) is 24.3 Å². The van der Waals surface area contributed by atoms with E-state index in [2.05, 4.69) is 5.32 Å². The Balaban J connectivity index is 1.80. The Morgan fingerprint density at radius 1 is 1.44 bits per heavy atom. The molecule has 98 valence electrons. The number of hydrogen-bond acceptors (Lipinski definition) is 3. The predicted octanol–water partition coefficient (Wildman–Crippen LogP) is 1.53. The molecular weight excluding hydrogens is 254 g/mol. The van der Waals surface area contributed by atoms with Crippen LogP contribution in [0.1, 0.15) is 11.5 Å². The summed E-state index contributed by atoms with van der Waals surface area (Å²) in [5, 5.41) is 2.84. The summed E-state index contributed by atoms with van der Waals surface area (Å²) in [4.78, 5) is 12.0. The van der Waals surface area contributed by atoms with Crippen LogP contribution < -0.4 is 10.1 Å². The van der Waals surface area contributed by atoms with Gasteiger partial charge < -0.3 is 14.8 Å². The number of para-hydroxylation sites is 1.